The number of aromatic nitrogens is 3. The minimum absolute atomic E-state index is 0.185. The Balaban J connectivity index is 1.52. The van der Waals surface area contributed by atoms with Crippen molar-refractivity contribution in [3.8, 4) is 0 Å². The Morgan fingerprint density at radius 1 is 1.19 bits per heavy atom. The number of nitrogens with one attached hydrogen (secondary N) is 1. The SMILES string of the molecule is Cc1ccc2nc(NC(=O)c3ccccc3SCc3nc(C)no3)sc2c1. The van der Waals surface area contributed by atoms with Gasteiger partial charge in [0.2, 0.25) is 5.89 Å². The molecule has 0 unspecified atom stereocenters. The molecule has 0 saturated heterocycles. The predicted molar refractivity (Wildman–Crippen MR) is 107 cm³/mol. The van der Waals surface area contributed by atoms with Crippen LogP contribution in [0.3, 0.4) is 0 Å². The van der Waals surface area contributed by atoms with Crippen molar-refractivity contribution in [3.05, 3.63) is 65.3 Å². The molecule has 2 aromatic heterocycles. The monoisotopic (exact) mass is 396 g/mol. The van der Waals surface area contributed by atoms with Gasteiger partial charge in [-0.25, -0.2) is 4.98 Å². The average Bonchev–Trinajstić information content (AvgIpc) is 3.25. The number of fused-ring (bicyclic) bond motifs is 1. The van der Waals surface area contributed by atoms with Crippen molar-refractivity contribution in [2.45, 2.75) is 24.5 Å². The summed E-state index contributed by atoms with van der Waals surface area (Å²) in [6, 6.07) is 13.5. The van der Waals surface area contributed by atoms with Crippen LogP contribution in [0.4, 0.5) is 5.13 Å². The number of nitrogens with zero attached hydrogens (tertiary/aromatic N) is 3. The number of aryl methyl sites for hydroxylation is 2. The highest BCUT2D eigenvalue weighted by atomic mass is 32.2. The zero-order chi connectivity index (χ0) is 18.8. The summed E-state index contributed by atoms with van der Waals surface area (Å²) < 4.78 is 6.19. The fraction of sp³-hybridized carbons (Fsp3) is 0.158. The highest BCUT2D eigenvalue weighted by molar-refractivity contribution is 7.98. The Morgan fingerprint density at radius 2 is 2.04 bits per heavy atom. The third-order valence-electron chi connectivity index (χ3n) is 3.82. The first-order valence-electron chi connectivity index (χ1n) is 8.28. The number of hydrogen-bond acceptors (Lipinski definition) is 7. The maximum absolute atomic E-state index is 12.8. The Kier molecular flexibility index (Phi) is 4.91. The molecule has 0 spiro atoms. The van der Waals surface area contributed by atoms with E-state index in [1.54, 1.807) is 13.0 Å². The van der Waals surface area contributed by atoms with Crippen molar-refractivity contribution in [2.24, 2.45) is 0 Å². The average molecular weight is 396 g/mol. The normalized spacial score (nSPS) is 11.0. The number of rotatable bonds is 5. The molecule has 1 amide bonds. The maximum Gasteiger partial charge on any atom is 0.258 e. The lowest BCUT2D eigenvalue weighted by Crippen LogP contribution is -2.12. The lowest BCUT2D eigenvalue weighted by atomic mass is 10.2. The van der Waals surface area contributed by atoms with Gasteiger partial charge in [0.1, 0.15) is 0 Å². The van der Waals surface area contributed by atoms with Gasteiger partial charge >= 0.3 is 0 Å². The minimum Gasteiger partial charge on any atom is -0.338 e. The van der Waals surface area contributed by atoms with E-state index in [0.717, 1.165) is 15.1 Å². The Bertz CT molecular complexity index is 1120. The number of carbonyl (C=O) groups excluding carboxylic acids is 1. The van der Waals surface area contributed by atoms with Gasteiger partial charge in [-0.15, -0.1) is 11.8 Å². The fourth-order valence-electron chi connectivity index (χ4n) is 2.57. The summed E-state index contributed by atoms with van der Waals surface area (Å²) in [6.45, 7) is 3.81. The molecule has 0 radical (unpaired) electrons. The van der Waals surface area contributed by atoms with Crippen molar-refractivity contribution in [1.29, 1.82) is 0 Å². The predicted octanol–water partition coefficient (Wildman–Crippen LogP) is 4.84. The molecule has 0 bridgehead atoms. The molecule has 2 heterocycles. The molecule has 1 N–H and O–H groups in total. The van der Waals surface area contributed by atoms with Crippen molar-refractivity contribution in [1.82, 2.24) is 15.1 Å². The van der Waals surface area contributed by atoms with Gasteiger partial charge in [0, 0.05) is 4.90 Å². The highest BCUT2D eigenvalue weighted by Gasteiger charge is 2.15. The number of thiazole rings is 1. The summed E-state index contributed by atoms with van der Waals surface area (Å²) in [6.07, 6.45) is 0. The summed E-state index contributed by atoms with van der Waals surface area (Å²) in [5, 5.41) is 7.29. The molecule has 0 fully saturated rings. The summed E-state index contributed by atoms with van der Waals surface area (Å²) in [5.74, 6) is 1.46. The number of hydrogen-bond donors (Lipinski definition) is 1. The number of thioether (sulfide) groups is 1. The molecule has 6 nitrogen and oxygen atoms in total. The third-order valence-corrected chi connectivity index (χ3v) is 5.81. The molecule has 27 heavy (non-hydrogen) atoms. The number of benzene rings is 2. The molecule has 2 aromatic carbocycles. The van der Waals surface area contributed by atoms with Crippen molar-refractivity contribution in [3.63, 3.8) is 0 Å². The molecule has 0 saturated carbocycles. The first-order chi connectivity index (χ1) is 13.1. The van der Waals surface area contributed by atoms with Crippen LogP contribution in [0.5, 0.6) is 0 Å². The maximum atomic E-state index is 12.8. The van der Waals surface area contributed by atoms with Crippen LogP contribution in [0, 0.1) is 13.8 Å². The first kappa shape index (κ1) is 17.7. The molecule has 0 atom stereocenters. The van der Waals surface area contributed by atoms with Crippen LogP contribution in [-0.2, 0) is 5.75 Å². The quantitative estimate of drug-likeness (QED) is 0.486. The van der Waals surface area contributed by atoms with Gasteiger partial charge in [-0.3, -0.25) is 10.1 Å². The minimum atomic E-state index is -0.185. The second-order valence-corrected chi connectivity index (χ2v) is 8.01. The summed E-state index contributed by atoms with van der Waals surface area (Å²) in [7, 11) is 0. The summed E-state index contributed by atoms with van der Waals surface area (Å²) in [5.41, 5.74) is 2.64. The van der Waals surface area contributed by atoms with E-state index in [-0.39, 0.29) is 5.91 Å². The van der Waals surface area contributed by atoms with Crippen LogP contribution >= 0.6 is 23.1 Å². The largest absolute Gasteiger partial charge is 0.338 e. The standard InChI is InChI=1S/C19H16N4O2S2/c1-11-7-8-14-16(9-11)27-19(21-14)22-18(24)13-5-3-4-6-15(13)26-10-17-20-12(2)23-25-17/h3-9H,10H2,1-2H3,(H,21,22,24). The highest BCUT2D eigenvalue weighted by Crippen LogP contribution is 2.29. The topological polar surface area (TPSA) is 80.9 Å². The van der Waals surface area contributed by atoms with Gasteiger partial charge in [-0.2, -0.15) is 4.98 Å². The molecule has 136 valence electrons. The van der Waals surface area contributed by atoms with Crippen LogP contribution in [0.15, 0.2) is 51.9 Å². The Morgan fingerprint density at radius 3 is 2.85 bits per heavy atom. The third kappa shape index (κ3) is 4.01. The van der Waals surface area contributed by atoms with Crippen LogP contribution in [0.2, 0.25) is 0 Å². The number of carbonyl (C=O) groups is 1. The van der Waals surface area contributed by atoms with E-state index < -0.39 is 0 Å². The van der Waals surface area contributed by atoms with E-state index in [0.29, 0.717) is 28.2 Å². The van der Waals surface area contributed by atoms with Crippen LogP contribution in [-0.4, -0.2) is 21.0 Å². The Hall–Kier alpha value is -2.71. The lowest BCUT2D eigenvalue weighted by molar-refractivity contribution is 0.102. The molecule has 8 heteroatoms. The van der Waals surface area contributed by atoms with Gasteiger partial charge in [0.05, 0.1) is 21.5 Å². The van der Waals surface area contributed by atoms with Gasteiger partial charge in [0.25, 0.3) is 5.91 Å². The van der Waals surface area contributed by atoms with E-state index in [2.05, 4.69) is 26.5 Å². The Labute approximate surface area is 164 Å². The molecule has 4 rings (SSSR count). The van der Waals surface area contributed by atoms with Crippen LogP contribution < -0.4 is 5.32 Å². The van der Waals surface area contributed by atoms with E-state index in [1.165, 1.54) is 28.7 Å². The van der Waals surface area contributed by atoms with Crippen molar-refractivity contribution < 1.29 is 9.32 Å². The van der Waals surface area contributed by atoms with E-state index >= 15 is 0 Å². The fourth-order valence-corrected chi connectivity index (χ4v) is 4.41. The van der Waals surface area contributed by atoms with Crippen LogP contribution in [0.1, 0.15) is 27.6 Å². The second-order valence-electron chi connectivity index (χ2n) is 5.96. The van der Waals surface area contributed by atoms with Crippen LogP contribution in [0.25, 0.3) is 10.2 Å². The molecule has 0 aliphatic heterocycles. The zero-order valence-corrected chi connectivity index (χ0v) is 16.4. The van der Waals surface area contributed by atoms with Crippen molar-refractivity contribution >= 4 is 44.4 Å². The van der Waals surface area contributed by atoms with Gasteiger partial charge in [0.15, 0.2) is 11.0 Å². The van der Waals surface area contributed by atoms with E-state index in [4.69, 9.17) is 4.52 Å². The molecule has 4 aromatic rings. The number of amides is 1. The van der Waals surface area contributed by atoms with E-state index in [1.807, 2.05) is 37.3 Å². The lowest BCUT2D eigenvalue weighted by Gasteiger charge is -2.07. The van der Waals surface area contributed by atoms with Crippen molar-refractivity contribution in [2.75, 3.05) is 5.32 Å². The molecule has 0 aliphatic carbocycles. The molecular formula is C19H16N4O2S2. The second kappa shape index (κ2) is 7.50. The molecular weight excluding hydrogens is 380 g/mol. The van der Waals surface area contributed by atoms with Gasteiger partial charge < -0.3 is 4.52 Å². The summed E-state index contributed by atoms with van der Waals surface area (Å²) in [4.78, 5) is 22.3. The van der Waals surface area contributed by atoms with E-state index in [9.17, 15) is 4.79 Å². The number of anilines is 1. The van der Waals surface area contributed by atoms with Gasteiger partial charge in [-0.05, 0) is 43.7 Å². The summed E-state index contributed by atoms with van der Waals surface area (Å²) >= 11 is 2.96. The molecule has 0 aliphatic rings. The smallest absolute Gasteiger partial charge is 0.258 e. The zero-order valence-electron chi connectivity index (χ0n) is 14.7. The first-order valence-corrected chi connectivity index (χ1v) is 10.1. The van der Waals surface area contributed by atoms with Gasteiger partial charge in [-0.1, -0.05) is 34.7 Å².